The van der Waals surface area contributed by atoms with Crippen LogP contribution in [0.25, 0.3) is 0 Å². The number of hydrogen-bond acceptors (Lipinski definition) is 3. The Bertz CT molecular complexity index is 198. The molecule has 2 rings (SSSR count). The highest BCUT2D eigenvalue weighted by atomic mass is 16.5. The van der Waals surface area contributed by atoms with Crippen molar-refractivity contribution < 1.29 is 4.74 Å². The van der Waals surface area contributed by atoms with Crippen molar-refractivity contribution in [1.82, 2.24) is 10.6 Å². The molecular formula is C12H24N2O. The SMILES string of the molecule is COC1CCCC1NCC1CCNC1C. The Morgan fingerprint density at radius 3 is 2.87 bits per heavy atom. The Morgan fingerprint density at radius 1 is 1.33 bits per heavy atom. The van der Waals surface area contributed by atoms with E-state index in [1.165, 1.54) is 32.2 Å². The molecule has 2 aliphatic rings. The predicted octanol–water partition coefficient (Wildman–Crippen LogP) is 1.14. The lowest BCUT2D eigenvalue weighted by Gasteiger charge is -2.23. The quantitative estimate of drug-likeness (QED) is 0.733. The monoisotopic (exact) mass is 212 g/mol. The van der Waals surface area contributed by atoms with Crippen molar-refractivity contribution in [2.45, 2.75) is 50.8 Å². The van der Waals surface area contributed by atoms with E-state index in [4.69, 9.17) is 4.74 Å². The lowest BCUT2D eigenvalue weighted by atomic mass is 10.0. The van der Waals surface area contributed by atoms with Gasteiger partial charge in [0.05, 0.1) is 6.10 Å². The van der Waals surface area contributed by atoms with E-state index in [-0.39, 0.29) is 0 Å². The average Bonchev–Trinajstić information content (AvgIpc) is 2.83. The Morgan fingerprint density at radius 2 is 2.20 bits per heavy atom. The van der Waals surface area contributed by atoms with E-state index in [2.05, 4.69) is 17.6 Å². The molecule has 3 nitrogen and oxygen atoms in total. The fraction of sp³-hybridized carbons (Fsp3) is 1.00. The molecule has 0 spiro atoms. The van der Waals surface area contributed by atoms with Crippen LogP contribution in [0, 0.1) is 5.92 Å². The van der Waals surface area contributed by atoms with E-state index < -0.39 is 0 Å². The topological polar surface area (TPSA) is 33.3 Å². The summed E-state index contributed by atoms with van der Waals surface area (Å²) in [6, 6.07) is 1.28. The molecule has 0 aromatic carbocycles. The number of nitrogens with one attached hydrogen (secondary N) is 2. The van der Waals surface area contributed by atoms with Crippen molar-refractivity contribution in [2.75, 3.05) is 20.2 Å². The molecule has 0 radical (unpaired) electrons. The second kappa shape index (κ2) is 5.28. The second-order valence-electron chi connectivity index (χ2n) is 5.01. The molecule has 2 fully saturated rings. The predicted molar refractivity (Wildman–Crippen MR) is 62.0 cm³/mol. The van der Waals surface area contributed by atoms with Crippen LogP contribution < -0.4 is 10.6 Å². The van der Waals surface area contributed by atoms with Crippen LogP contribution in [0.3, 0.4) is 0 Å². The largest absolute Gasteiger partial charge is 0.380 e. The van der Waals surface area contributed by atoms with Crippen LogP contribution in [-0.4, -0.2) is 38.4 Å². The number of hydrogen-bond donors (Lipinski definition) is 2. The van der Waals surface area contributed by atoms with Crippen LogP contribution in [-0.2, 0) is 4.74 Å². The summed E-state index contributed by atoms with van der Waals surface area (Å²) in [5, 5.41) is 7.19. The Balaban J connectivity index is 1.72. The summed E-state index contributed by atoms with van der Waals surface area (Å²) in [5.74, 6) is 0.808. The summed E-state index contributed by atoms with van der Waals surface area (Å²) in [6.45, 7) is 4.63. The molecule has 0 aromatic heterocycles. The maximum absolute atomic E-state index is 5.49. The maximum atomic E-state index is 5.49. The van der Waals surface area contributed by atoms with Crippen LogP contribution in [0.1, 0.15) is 32.6 Å². The zero-order valence-electron chi connectivity index (χ0n) is 9.96. The summed E-state index contributed by atoms with van der Waals surface area (Å²) in [7, 11) is 1.84. The Kier molecular flexibility index (Phi) is 4.00. The van der Waals surface area contributed by atoms with Gasteiger partial charge in [-0.3, -0.25) is 0 Å². The first-order chi connectivity index (χ1) is 7.31. The van der Waals surface area contributed by atoms with Gasteiger partial charge in [0.1, 0.15) is 0 Å². The molecule has 0 aromatic rings. The highest BCUT2D eigenvalue weighted by Crippen LogP contribution is 2.22. The van der Waals surface area contributed by atoms with E-state index in [0.717, 1.165) is 12.5 Å². The van der Waals surface area contributed by atoms with Gasteiger partial charge in [0.15, 0.2) is 0 Å². The van der Waals surface area contributed by atoms with Crippen molar-refractivity contribution in [3.63, 3.8) is 0 Å². The zero-order chi connectivity index (χ0) is 10.7. The maximum Gasteiger partial charge on any atom is 0.0724 e. The molecule has 1 aliphatic carbocycles. The average molecular weight is 212 g/mol. The standard InChI is InChI=1S/C12H24N2O/c1-9-10(6-7-13-9)8-14-11-4-3-5-12(11)15-2/h9-14H,3-8H2,1-2H3. The molecule has 15 heavy (non-hydrogen) atoms. The van der Waals surface area contributed by atoms with E-state index in [0.29, 0.717) is 18.2 Å². The molecule has 1 saturated heterocycles. The molecule has 1 aliphatic heterocycles. The van der Waals surface area contributed by atoms with Crippen molar-refractivity contribution >= 4 is 0 Å². The third-order valence-corrected chi connectivity index (χ3v) is 4.09. The van der Waals surface area contributed by atoms with Crippen LogP contribution in [0.4, 0.5) is 0 Å². The van der Waals surface area contributed by atoms with Crippen molar-refractivity contribution in [3.8, 4) is 0 Å². The molecule has 2 N–H and O–H groups in total. The number of ether oxygens (including phenoxy) is 1. The fourth-order valence-electron chi connectivity index (χ4n) is 2.94. The Hall–Kier alpha value is -0.120. The van der Waals surface area contributed by atoms with Crippen LogP contribution in [0.15, 0.2) is 0 Å². The van der Waals surface area contributed by atoms with Crippen LogP contribution in [0.2, 0.25) is 0 Å². The smallest absolute Gasteiger partial charge is 0.0724 e. The molecule has 0 amide bonds. The second-order valence-corrected chi connectivity index (χ2v) is 5.01. The van der Waals surface area contributed by atoms with Gasteiger partial charge >= 0.3 is 0 Å². The summed E-state index contributed by atoms with van der Waals surface area (Å²) < 4.78 is 5.49. The molecule has 0 bridgehead atoms. The van der Waals surface area contributed by atoms with Gasteiger partial charge in [0, 0.05) is 19.2 Å². The molecule has 4 atom stereocenters. The van der Waals surface area contributed by atoms with Crippen LogP contribution in [0.5, 0.6) is 0 Å². The van der Waals surface area contributed by atoms with E-state index >= 15 is 0 Å². The summed E-state index contributed by atoms with van der Waals surface area (Å²) in [5.41, 5.74) is 0. The van der Waals surface area contributed by atoms with Gasteiger partial charge in [0.25, 0.3) is 0 Å². The minimum atomic E-state index is 0.453. The van der Waals surface area contributed by atoms with E-state index in [1.807, 2.05) is 7.11 Å². The number of rotatable bonds is 4. The normalized spacial score (nSPS) is 41.2. The summed E-state index contributed by atoms with van der Waals surface area (Å²) >= 11 is 0. The minimum Gasteiger partial charge on any atom is -0.380 e. The first-order valence-corrected chi connectivity index (χ1v) is 6.31. The third-order valence-electron chi connectivity index (χ3n) is 4.09. The minimum absolute atomic E-state index is 0.453. The van der Waals surface area contributed by atoms with Gasteiger partial charge in [0.2, 0.25) is 0 Å². The van der Waals surface area contributed by atoms with Gasteiger partial charge in [-0.05, 0) is 51.6 Å². The van der Waals surface area contributed by atoms with Crippen molar-refractivity contribution in [1.29, 1.82) is 0 Å². The molecule has 4 unspecified atom stereocenters. The first kappa shape index (κ1) is 11.4. The molecule has 1 heterocycles. The molecule has 1 saturated carbocycles. The summed E-state index contributed by atoms with van der Waals surface area (Å²) in [6.07, 6.45) is 5.60. The highest BCUT2D eigenvalue weighted by Gasteiger charge is 2.29. The molecular weight excluding hydrogens is 188 g/mol. The first-order valence-electron chi connectivity index (χ1n) is 6.31. The van der Waals surface area contributed by atoms with Gasteiger partial charge in [-0.25, -0.2) is 0 Å². The van der Waals surface area contributed by atoms with Gasteiger partial charge in [-0.2, -0.15) is 0 Å². The van der Waals surface area contributed by atoms with Gasteiger partial charge in [-0.15, -0.1) is 0 Å². The van der Waals surface area contributed by atoms with E-state index in [9.17, 15) is 0 Å². The third kappa shape index (κ3) is 2.71. The molecule has 88 valence electrons. The van der Waals surface area contributed by atoms with Crippen LogP contribution >= 0.6 is 0 Å². The lowest BCUT2D eigenvalue weighted by molar-refractivity contribution is 0.0837. The Labute approximate surface area is 93.0 Å². The highest BCUT2D eigenvalue weighted by molar-refractivity contribution is 4.87. The van der Waals surface area contributed by atoms with Crippen molar-refractivity contribution in [3.05, 3.63) is 0 Å². The lowest BCUT2D eigenvalue weighted by Crippen LogP contribution is -2.41. The summed E-state index contributed by atoms with van der Waals surface area (Å²) in [4.78, 5) is 0. The zero-order valence-corrected chi connectivity index (χ0v) is 9.96. The van der Waals surface area contributed by atoms with Gasteiger partial charge in [-0.1, -0.05) is 0 Å². The van der Waals surface area contributed by atoms with Gasteiger partial charge < -0.3 is 15.4 Å². The van der Waals surface area contributed by atoms with E-state index in [1.54, 1.807) is 0 Å². The molecule has 3 heteroatoms. The fourth-order valence-corrected chi connectivity index (χ4v) is 2.94. The van der Waals surface area contributed by atoms with Crippen molar-refractivity contribution in [2.24, 2.45) is 5.92 Å². The number of methoxy groups -OCH3 is 1.